The second kappa shape index (κ2) is 8.41. The van der Waals surface area contributed by atoms with Crippen molar-refractivity contribution in [3.05, 3.63) is 29.8 Å². The van der Waals surface area contributed by atoms with Gasteiger partial charge >= 0.3 is 6.18 Å². The number of alkyl halides is 3. The highest BCUT2D eigenvalue weighted by atomic mass is 32.2. The van der Waals surface area contributed by atoms with Gasteiger partial charge in [-0.1, -0.05) is 25.3 Å². The number of piperidine rings is 1. The van der Waals surface area contributed by atoms with Crippen molar-refractivity contribution in [2.75, 3.05) is 13.1 Å². The Hall–Kier alpha value is -1.61. The van der Waals surface area contributed by atoms with Crippen LogP contribution >= 0.6 is 0 Å². The number of carbonyl (C=O) groups excluding carboxylic acids is 1. The number of carbonyl (C=O) groups is 1. The maximum Gasteiger partial charge on any atom is 0.416 e. The fraction of sp³-hybridized carbons (Fsp3) is 0.632. The molecule has 2 aliphatic rings. The molecular weight excluding hydrogens is 393 g/mol. The Kier molecular flexibility index (Phi) is 6.34. The highest BCUT2D eigenvalue weighted by Crippen LogP contribution is 2.31. The zero-order valence-corrected chi connectivity index (χ0v) is 16.4. The molecule has 3 rings (SSSR count). The molecule has 0 unspecified atom stereocenters. The molecule has 9 heteroatoms. The van der Waals surface area contributed by atoms with Crippen molar-refractivity contribution in [3.63, 3.8) is 0 Å². The number of halogens is 3. The van der Waals surface area contributed by atoms with Crippen LogP contribution in [0.3, 0.4) is 0 Å². The van der Waals surface area contributed by atoms with E-state index in [0.717, 1.165) is 43.9 Å². The molecule has 0 aromatic heterocycles. The summed E-state index contributed by atoms with van der Waals surface area (Å²) in [4.78, 5) is 14.0. The van der Waals surface area contributed by atoms with Gasteiger partial charge in [-0.2, -0.15) is 13.2 Å². The van der Waals surface area contributed by atoms with Crippen molar-refractivity contribution in [3.8, 4) is 0 Å². The van der Waals surface area contributed by atoms with Crippen molar-refractivity contribution >= 4 is 15.9 Å². The standard InChI is InChI=1S/C19H25F3N2O3S/c20-19(21,22)15-7-4-8-17(13-15)28(26,27)23-16-9-11-24(12-10-16)18(25)14-5-2-1-3-6-14/h4,7-8,13-14,16,23H,1-3,5-6,9-12H2. The van der Waals surface area contributed by atoms with Crippen molar-refractivity contribution in [2.24, 2.45) is 5.92 Å². The number of amides is 1. The van der Waals surface area contributed by atoms with E-state index in [4.69, 9.17) is 0 Å². The molecule has 1 aliphatic carbocycles. The van der Waals surface area contributed by atoms with Gasteiger partial charge in [0.2, 0.25) is 15.9 Å². The van der Waals surface area contributed by atoms with Gasteiger partial charge in [0.05, 0.1) is 10.5 Å². The van der Waals surface area contributed by atoms with Gasteiger partial charge in [-0.05, 0) is 43.9 Å². The number of hydrogen-bond donors (Lipinski definition) is 1. The van der Waals surface area contributed by atoms with Crippen LogP contribution in [0.25, 0.3) is 0 Å². The van der Waals surface area contributed by atoms with Gasteiger partial charge < -0.3 is 4.90 Å². The van der Waals surface area contributed by atoms with Gasteiger partial charge in [0.1, 0.15) is 0 Å². The van der Waals surface area contributed by atoms with Crippen molar-refractivity contribution in [1.82, 2.24) is 9.62 Å². The quantitative estimate of drug-likeness (QED) is 0.813. The summed E-state index contributed by atoms with van der Waals surface area (Å²) in [5.74, 6) is 0.228. The first kappa shape index (κ1) is 21.1. The molecule has 28 heavy (non-hydrogen) atoms. The van der Waals surface area contributed by atoms with E-state index in [-0.39, 0.29) is 11.8 Å². The predicted molar refractivity (Wildman–Crippen MR) is 97.9 cm³/mol. The van der Waals surface area contributed by atoms with E-state index in [1.807, 2.05) is 0 Å². The van der Waals surface area contributed by atoms with E-state index in [2.05, 4.69) is 4.72 Å². The molecule has 1 aromatic rings. The molecule has 5 nitrogen and oxygen atoms in total. The number of sulfonamides is 1. The summed E-state index contributed by atoms with van der Waals surface area (Å²) in [6, 6.07) is 3.33. The molecule has 1 aromatic carbocycles. The smallest absolute Gasteiger partial charge is 0.342 e. The number of likely N-dealkylation sites (tertiary alicyclic amines) is 1. The Bertz CT molecular complexity index is 797. The van der Waals surface area contributed by atoms with Gasteiger partial charge in [-0.3, -0.25) is 4.79 Å². The van der Waals surface area contributed by atoms with Crippen LogP contribution in [0.2, 0.25) is 0 Å². The molecule has 1 saturated heterocycles. The minimum atomic E-state index is -4.60. The van der Waals surface area contributed by atoms with Crippen LogP contribution in [-0.4, -0.2) is 38.4 Å². The van der Waals surface area contributed by atoms with Crippen molar-refractivity contribution < 1.29 is 26.4 Å². The predicted octanol–water partition coefficient (Wildman–Crippen LogP) is 3.56. The monoisotopic (exact) mass is 418 g/mol. The number of nitrogens with zero attached hydrogens (tertiary/aromatic N) is 1. The third-order valence-corrected chi connectivity index (χ3v) is 7.07. The third kappa shape index (κ3) is 5.05. The van der Waals surface area contributed by atoms with E-state index in [9.17, 15) is 26.4 Å². The molecule has 0 radical (unpaired) electrons. The minimum Gasteiger partial charge on any atom is -0.342 e. The topological polar surface area (TPSA) is 66.5 Å². The molecule has 0 spiro atoms. The van der Waals surface area contributed by atoms with E-state index in [0.29, 0.717) is 32.0 Å². The molecule has 0 bridgehead atoms. The maximum atomic E-state index is 12.8. The first-order chi connectivity index (χ1) is 13.2. The average molecular weight is 418 g/mol. The van der Waals surface area contributed by atoms with E-state index >= 15 is 0 Å². The molecule has 156 valence electrons. The summed E-state index contributed by atoms with van der Waals surface area (Å²) in [5.41, 5.74) is -0.997. The van der Waals surface area contributed by atoms with Crippen LogP contribution in [0.4, 0.5) is 13.2 Å². The lowest BCUT2D eigenvalue weighted by molar-refractivity contribution is -0.138. The Balaban J connectivity index is 1.58. The van der Waals surface area contributed by atoms with Crippen LogP contribution in [0.1, 0.15) is 50.5 Å². The number of benzene rings is 1. The lowest BCUT2D eigenvalue weighted by atomic mass is 9.87. The average Bonchev–Trinajstić information content (AvgIpc) is 2.68. The van der Waals surface area contributed by atoms with Crippen LogP contribution in [0.5, 0.6) is 0 Å². The van der Waals surface area contributed by atoms with Gasteiger partial charge in [0.25, 0.3) is 0 Å². The molecular formula is C19H25F3N2O3S. The lowest BCUT2D eigenvalue weighted by Gasteiger charge is -2.35. The van der Waals surface area contributed by atoms with Crippen LogP contribution < -0.4 is 4.72 Å². The van der Waals surface area contributed by atoms with Gasteiger partial charge in [0.15, 0.2) is 0 Å². The summed E-state index contributed by atoms with van der Waals surface area (Å²) in [6.07, 6.45) is 1.46. The fourth-order valence-electron chi connectivity index (χ4n) is 3.95. The molecule has 0 atom stereocenters. The zero-order valence-electron chi connectivity index (χ0n) is 15.5. The van der Waals surface area contributed by atoms with Crippen molar-refractivity contribution in [1.29, 1.82) is 0 Å². The second-order valence-corrected chi connectivity index (χ2v) is 9.30. The minimum absolute atomic E-state index is 0.0760. The lowest BCUT2D eigenvalue weighted by Crippen LogP contribution is -2.48. The van der Waals surface area contributed by atoms with Gasteiger partial charge in [-0.15, -0.1) is 0 Å². The van der Waals surface area contributed by atoms with Gasteiger partial charge in [-0.25, -0.2) is 13.1 Å². The first-order valence-electron chi connectivity index (χ1n) is 9.65. The summed E-state index contributed by atoms with van der Waals surface area (Å²) in [5, 5.41) is 0. The fourth-order valence-corrected chi connectivity index (χ4v) is 5.30. The Morgan fingerprint density at radius 1 is 1.04 bits per heavy atom. The number of rotatable bonds is 4. The normalized spacial score (nSPS) is 20.3. The highest BCUT2D eigenvalue weighted by Gasteiger charge is 2.33. The SMILES string of the molecule is O=C(C1CCCCC1)N1CCC(NS(=O)(=O)c2cccc(C(F)(F)F)c2)CC1. The second-order valence-electron chi connectivity index (χ2n) is 7.58. The summed E-state index contributed by atoms with van der Waals surface area (Å²) >= 11 is 0. The van der Waals surface area contributed by atoms with Crippen molar-refractivity contribution in [2.45, 2.75) is 62.1 Å². The van der Waals surface area contributed by atoms with Crippen LogP contribution in [0, 0.1) is 5.92 Å². The molecule has 1 N–H and O–H groups in total. The third-order valence-electron chi connectivity index (χ3n) is 5.55. The Labute approximate surface area is 163 Å². The number of nitrogens with one attached hydrogen (secondary N) is 1. The summed E-state index contributed by atoms with van der Waals surface area (Å²) in [7, 11) is -4.05. The van der Waals surface area contributed by atoms with E-state index in [1.54, 1.807) is 4.90 Å². The summed E-state index contributed by atoms with van der Waals surface area (Å²) in [6.45, 7) is 0.927. The maximum absolute atomic E-state index is 12.8. The van der Waals surface area contributed by atoms with Gasteiger partial charge in [0, 0.05) is 25.0 Å². The zero-order chi connectivity index (χ0) is 20.4. The summed E-state index contributed by atoms with van der Waals surface area (Å²) < 4.78 is 66.0. The van der Waals surface area contributed by atoms with Crippen LogP contribution in [0.15, 0.2) is 29.2 Å². The molecule has 1 aliphatic heterocycles. The highest BCUT2D eigenvalue weighted by molar-refractivity contribution is 7.89. The molecule has 1 amide bonds. The van der Waals surface area contributed by atoms with E-state index in [1.165, 1.54) is 6.42 Å². The van der Waals surface area contributed by atoms with E-state index < -0.39 is 32.7 Å². The molecule has 1 saturated carbocycles. The first-order valence-corrected chi connectivity index (χ1v) is 11.1. The molecule has 1 heterocycles. The Morgan fingerprint density at radius 2 is 1.68 bits per heavy atom. The van der Waals surface area contributed by atoms with Crippen LogP contribution in [-0.2, 0) is 21.0 Å². The Morgan fingerprint density at radius 3 is 2.29 bits per heavy atom. The largest absolute Gasteiger partial charge is 0.416 e. The molecule has 2 fully saturated rings. The number of hydrogen-bond acceptors (Lipinski definition) is 3.